The molecule has 0 radical (unpaired) electrons. The highest BCUT2D eigenvalue weighted by Gasteiger charge is 2.34. The van der Waals surface area contributed by atoms with Crippen molar-refractivity contribution in [1.29, 1.82) is 0 Å². The molecule has 0 aromatic heterocycles. The molecule has 2 amide bonds. The lowest BCUT2D eigenvalue weighted by Gasteiger charge is -2.44. The number of carboxylic acids is 1. The number of nitrogens with zero attached hydrogens (tertiary/aromatic N) is 3. The normalized spacial score (nSPS) is 29.3. The van der Waals surface area contributed by atoms with Crippen LogP contribution in [0.25, 0.3) is 0 Å². The third-order valence-corrected chi connectivity index (χ3v) is 4.90. The monoisotopic (exact) mass is 297 g/mol. The summed E-state index contributed by atoms with van der Waals surface area (Å²) in [4.78, 5) is 29.5. The molecule has 3 atom stereocenters. The van der Waals surface area contributed by atoms with Crippen LogP contribution in [0.2, 0.25) is 0 Å². The predicted molar refractivity (Wildman–Crippen MR) is 80.3 cm³/mol. The first kappa shape index (κ1) is 16.1. The molecular weight excluding hydrogens is 270 g/mol. The summed E-state index contributed by atoms with van der Waals surface area (Å²) in [6.45, 7) is 8.45. The lowest BCUT2D eigenvalue weighted by molar-refractivity contribution is -0.143. The van der Waals surface area contributed by atoms with Crippen molar-refractivity contribution >= 4 is 12.0 Å². The number of carbonyl (C=O) groups excluding carboxylic acids is 1. The number of amides is 2. The van der Waals surface area contributed by atoms with Gasteiger partial charge in [0.25, 0.3) is 0 Å². The van der Waals surface area contributed by atoms with E-state index in [9.17, 15) is 9.59 Å². The van der Waals surface area contributed by atoms with Crippen LogP contribution in [0.5, 0.6) is 0 Å². The highest BCUT2D eigenvalue weighted by Crippen LogP contribution is 2.24. The fourth-order valence-electron chi connectivity index (χ4n) is 3.42. The van der Waals surface area contributed by atoms with Gasteiger partial charge in [-0.3, -0.25) is 9.69 Å². The van der Waals surface area contributed by atoms with E-state index in [0.717, 1.165) is 12.8 Å². The Morgan fingerprint density at radius 2 is 1.57 bits per heavy atom. The van der Waals surface area contributed by atoms with Gasteiger partial charge in [0.15, 0.2) is 0 Å². The maximum atomic E-state index is 12.7. The number of likely N-dealkylation sites (tertiary alicyclic amines) is 1. The average Bonchev–Trinajstić information content (AvgIpc) is 2.46. The lowest BCUT2D eigenvalue weighted by atomic mass is 9.98. The largest absolute Gasteiger partial charge is 0.480 e. The van der Waals surface area contributed by atoms with E-state index in [2.05, 4.69) is 13.8 Å². The second-order valence-corrected chi connectivity index (χ2v) is 6.36. The first-order valence-electron chi connectivity index (χ1n) is 7.96. The Balaban J connectivity index is 1.92. The smallest absolute Gasteiger partial charge is 0.320 e. The Kier molecular flexibility index (Phi) is 5.08. The van der Waals surface area contributed by atoms with Crippen molar-refractivity contribution in [2.75, 3.05) is 26.2 Å². The van der Waals surface area contributed by atoms with E-state index in [0.29, 0.717) is 38.3 Å². The molecule has 0 aromatic carbocycles. The van der Waals surface area contributed by atoms with Gasteiger partial charge in [0.2, 0.25) is 0 Å². The van der Waals surface area contributed by atoms with Crippen molar-refractivity contribution in [3.05, 3.63) is 0 Å². The minimum atomic E-state index is -0.798. The quantitative estimate of drug-likeness (QED) is 0.838. The van der Waals surface area contributed by atoms with Crippen LogP contribution in [0, 0.1) is 0 Å². The molecule has 2 saturated heterocycles. The fraction of sp³-hybridized carbons (Fsp3) is 0.867. The zero-order valence-corrected chi connectivity index (χ0v) is 13.3. The van der Waals surface area contributed by atoms with Gasteiger partial charge >= 0.3 is 12.0 Å². The van der Waals surface area contributed by atoms with Crippen LogP contribution >= 0.6 is 0 Å². The molecule has 120 valence electrons. The summed E-state index contributed by atoms with van der Waals surface area (Å²) >= 11 is 0. The number of piperazine rings is 1. The summed E-state index contributed by atoms with van der Waals surface area (Å²) in [5, 5.41) is 9.05. The number of hydrogen-bond acceptors (Lipinski definition) is 3. The van der Waals surface area contributed by atoms with Gasteiger partial charge in [-0.1, -0.05) is 0 Å². The van der Waals surface area contributed by atoms with Crippen LogP contribution < -0.4 is 0 Å². The lowest BCUT2D eigenvalue weighted by Crippen LogP contribution is -2.59. The number of carbonyl (C=O) groups is 2. The standard InChI is InChI=1S/C15H27N3O3/c1-11-5-4-6-12(2)18(11)15(21)17-9-7-16(8-10-17)13(3)14(19)20/h11-13H,4-10H2,1-3H3,(H,19,20). The minimum absolute atomic E-state index is 0.123. The molecule has 3 unspecified atom stereocenters. The molecule has 2 aliphatic rings. The van der Waals surface area contributed by atoms with Crippen molar-refractivity contribution in [3.63, 3.8) is 0 Å². The number of aliphatic carboxylic acids is 1. The highest BCUT2D eigenvalue weighted by molar-refractivity contribution is 5.76. The number of carboxylic acid groups (broad SMARTS) is 1. The van der Waals surface area contributed by atoms with Crippen molar-refractivity contribution in [1.82, 2.24) is 14.7 Å². The molecule has 2 rings (SSSR count). The molecule has 6 heteroatoms. The first-order chi connectivity index (χ1) is 9.91. The molecular formula is C15H27N3O3. The summed E-state index contributed by atoms with van der Waals surface area (Å²) in [6, 6.07) is 0.252. The second kappa shape index (κ2) is 6.64. The fourth-order valence-corrected chi connectivity index (χ4v) is 3.42. The molecule has 2 aliphatic heterocycles. The molecule has 1 N–H and O–H groups in total. The number of rotatable bonds is 2. The van der Waals surface area contributed by atoms with E-state index in [1.807, 2.05) is 14.7 Å². The van der Waals surface area contributed by atoms with Gasteiger partial charge in [-0.05, 0) is 40.0 Å². The number of hydrogen-bond donors (Lipinski definition) is 1. The third kappa shape index (κ3) is 3.48. The molecule has 0 aliphatic carbocycles. The molecule has 0 aromatic rings. The van der Waals surface area contributed by atoms with Crippen molar-refractivity contribution in [2.45, 2.75) is 58.2 Å². The molecule has 0 spiro atoms. The number of urea groups is 1. The van der Waals surface area contributed by atoms with Crippen LogP contribution in [0.3, 0.4) is 0 Å². The summed E-state index contributed by atoms with van der Waals surface area (Å²) in [5.41, 5.74) is 0. The Morgan fingerprint density at radius 1 is 1.05 bits per heavy atom. The van der Waals surface area contributed by atoms with E-state index in [-0.39, 0.29) is 6.03 Å². The van der Waals surface area contributed by atoms with E-state index < -0.39 is 12.0 Å². The van der Waals surface area contributed by atoms with Gasteiger partial charge in [-0.15, -0.1) is 0 Å². The maximum Gasteiger partial charge on any atom is 0.320 e. The van der Waals surface area contributed by atoms with E-state index in [1.54, 1.807) is 6.92 Å². The maximum absolute atomic E-state index is 12.7. The first-order valence-corrected chi connectivity index (χ1v) is 7.96. The Labute approximate surface area is 126 Å². The molecule has 2 heterocycles. The van der Waals surface area contributed by atoms with Gasteiger partial charge in [-0.25, -0.2) is 4.79 Å². The number of piperidine rings is 1. The summed E-state index contributed by atoms with van der Waals surface area (Å²) in [5.74, 6) is -0.798. The third-order valence-electron chi connectivity index (χ3n) is 4.90. The van der Waals surface area contributed by atoms with Crippen molar-refractivity contribution in [3.8, 4) is 0 Å². The predicted octanol–water partition coefficient (Wildman–Crippen LogP) is 1.46. The Morgan fingerprint density at radius 3 is 2.05 bits per heavy atom. The second-order valence-electron chi connectivity index (χ2n) is 6.36. The van der Waals surface area contributed by atoms with Gasteiger partial charge in [-0.2, -0.15) is 0 Å². The van der Waals surface area contributed by atoms with Crippen LogP contribution in [0.15, 0.2) is 0 Å². The molecule has 0 bridgehead atoms. The molecule has 6 nitrogen and oxygen atoms in total. The van der Waals surface area contributed by atoms with Gasteiger partial charge in [0, 0.05) is 38.3 Å². The van der Waals surface area contributed by atoms with E-state index in [1.165, 1.54) is 6.42 Å². The van der Waals surface area contributed by atoms with Crippen LogP contribution in [0.4, 0.5) is 4.79 Å². The molecule has 0 saturated carbocycles. The average molecular weight is 297 g/mol. The highest BCUT2D eigenvalue weighted by atomic mass is 16.4. The molecule has 21 heavy (non-hydrogen) atoms. The van der Waals surface area contributed by atoms with E-state index in [4.69, 9.17) is 5.11 Å². The zero-order chi connectivity index (χ0) is 15.6. The summed E-state index contributed by atoms with van der Waals surface area (Å²) in [6.07, 6.45) is 3.34. The minimum Gasteiger partial charge on any atom is -0.480 e. The van der Waals surface area contributed by atoms with Crippen LogP contribution in [-0.4, -0.2) is 76.1 Å². The van der Waals surface area contributed by atoms with Crippen molar-refractivity contribution in [2.24, 2.45) is 0 Å². The van der Waals surface area contributed by atoms with Gasteiger partial charge in [0.05, 0.1) is 0 Å². The summed E-state index contributed by atoms with van der Waals surface area (Å²) in [7, 11) is 0. The molecule has 2 fully saturated rings. The van der Waals surface area contributed by atoms with Crippen LogP contribution in [-0.2, 0) is 4.79 Å². The zero-order valence-electron chi connectivity index (χ0n) is 13.3. The Bertz CT molecular complexity index is 384. The summed E-state index contributed by atoms with van der Waals surface area (Å²) < 4.78 is 0. The van der Waals surface area contributed by atoms with E-state index >= 15 is 0 Å². The van der Waals surface area contributed by atoms with Crippen molar-refractivity contribution < 1.29 is 14.7 Å². The van der Waals surface area contributed by atoms with Gasteiger partial charge in [0.1, 0.15) is 6.04 Å². The van der Waals surface area contributed by atoms with Gasteiger partial charge < -0.3 is 14.9 Å². The Hall–Kier alpha value is -1.30. The van der Waals surface area contributed by atoms with Crippen LogP contribution in [0.1, 0.15) is 40.0 Å². The topological polar surface area (TPSA) is 64.1 Å². The SMILES string of the molecule is CC(C(=O)O)N1CCN(C(=O)N2C(C)CCCC2C)CC1.